The molecule has 0 fully saturated rings. The lowest BCUT2D eigenvalue weighted by Crippen LogP contribution is -2.03. The number of rotatable bonds is 3. The fourth-order valence-corrected chi connectivity index (χ4v) is 1.89. The maximum atomic E-state index is 12.6. The molecule has 2 aromatic rings. The van der Waals surface area contributed by atoms with Gasteiger partial charge in [-0.3, -0.25) is 4.79 Å². The van der Waals surface area contributed by atoms with Crippen LogP contribution in [0.4, 0.5) is 5.69 Å². The van der Waals surface area contributed by atoms with Crippen LogP contribution in [-0.2, 0) is 4.74 Å². The van der Waals surface area contributed by atoms with Crippen molar-refractivity contribution in [1.82, 2.24) is 0 Å². The number of carbonyl (C=O) groups is 1. The normalized spacial score (nSPS) is 11.2. The third kappa shape index (κ3) is 3.12. The molecule has 0 saturated carbocycles. The average molecular weight is 267 g/mol. The molecule has 0 spiro atoms. The van der Waals surface area contributed by atoms with E-state index in [2.05, 4.69) is 4.99 Å². The van der Waals surface area contributed by atoms with Crippen molar-refractivity contribution in [2.75, 3.05) is 7.11 Å². The highest BCUT2D eigenvalue weighted by atomic mass is 16.5. The Morgan fingerprint density at radius 3 is 2.45 bits per heavy atom. The molecule has 2 rings (SSSR count). The summed E-state index contributed by atoms with van der Waals surface area (Å²) in [4.78, 5) is 16.9. The van der Waals surface area contributed by atoms with Gasteiger partial charge in [0.1, 0.15) is 0 Å². The zero-order valence-electron chi connectivity index (χ0n) is 11.9. The number of aryl methyl sites for hydroxylation is 1. The Morgan fingerprint density at radius 1 is 1.10 bits per heavy atom. The van der Waals surface area contributed by atoms with Crippen LogP contribution in [0.3, 0.4) is 0 Å². The molecule has 3 nitrogen and oxygen atoms in total. The summed E-state index contributed by atoms with van der Waals surface area (Å²) < 4.78 is 5.06. The number of ether oxygens (including phenoxy) is 1. The summed E-state index contributed by atoms with van der Waals surface area (Å²) in [5.74, 6) is 0.493. The molecule has 0 unspecified atom stereocenters. The van der Waals surface area contributed by atoms with Crippen LogP contribution in [0.1, 0.15) is 28.4 Å². The van der Waals surface area contributed by atoms with Crippen LogP contribution in [0.2, 0.25) is 0 Å². The smallest absolute Gasteiger partial charge is 0.195 e. The van der Waals surface area contributed by atoms with Gasteiger partial charge >= 0.3 is 0 Å². The van der Waals surface area contributed by atoms with Crippen molar-refractivity contribution in [2.45, 2.75) is 13.8 Å². The zero-order chi connectivity index (χ0) is 14.5. The van der Waals surface area contributed by atoms with Crippen LogP contribution in [-0.4, -0.2) is 18.8 Å². The predicted molar refractivity (Wildman–Crippen MR) is 80.8 cm³/mol. The molecule has 0 amide bonds. The van der Waals surface area contributed by atoms with E-state index in [0.717, 1.165) is 5.56 Å². The first-order chi connectivity index (χ1) is 9.61. The van der Waals surface area contributed by atoms with Crippen molar-refractivity contribution in [3.8, 4) is 0 Å². The van der Waals surface area contributed by atoms with Gasteiger partial charge in [0.25, 0.3) is 0 Å². The van der Waals surface area contributed by atoms with Crippen LogP contribution < -0.4 is 0 Å². The molecule has 0 N–H and O–H groups in total. The lowest BCUT2D eigenvalue weighted by molar-refractivity contribution is 0.103. The van der Waals surface area contributed by atoms with Crippen LogP contribution >= 0.6 is 0 Å². The van der Waals surface area contributed by atoms with Crippen molar-refractivity contribution >= 4 is 17.4 Å². The lowest BCUT2D eigenvalue weighted by Gasteiger charge is -2.07. The second-order valence-corrected chi connectivity index (χ2v) is 4.55. The third-order valence-corrected chi connectivity index (χ3v) is 3.01. The minimum absolute atomic E-state index is 0.0306. The maximum absolute atomic E-state index is 12.6. The van der Waals surface area contributed by atoms with Gasteiger partial charge in [-0.05, 0) is 19.1 Å². The van der Waals surface area contributed by atoms with E-state index in [9.17, 15) is 4.79 Å². The van der Waals surface area contributed by atoms with Crippen LogP contribution in [0.15, 0.2) is 53.5 Å². The Morgan fingerprint density at radius 2 is 1.80 bits per heavy atom. The molecule has 2 aromatic carbocycles. The molecule has 0 aliphatic heterocycles. The highest BCUT2D eigenvalue weighted by molar-refractivity contribution is 6.12. The van der Waals surface area contributed by atoms with E-state index in [1.165, 1.54) is 0 Å². The number of methoxy groups -OCH3 is 1. The van der Waals surface area contributed by atoms with Gasteiger partial charge in [-0.1, -0.05) is 42.0 Å². The number of carbonyl (C=O) groups excluding carboxylic acids is 1. The largest absolute Gasteiger partial charge is 0.484 e. The molecule has 0 aliphatic carbocycles. The summed E-state index contributed by atoms with van der Waals surface area (Å²) in [5, 5.41) is 0. The zero-order valence-corrected chi connectivity index (χ0v) is 11.9. The van der Waals surface area contributed by atoms with Crippen molar-refractivity contribution in [2.24, 2.45) is 4.99 Å². The lowest BCUT2D eigenvalue weighted by atomic mass is 10.00. The van der Waals surface area contributed by atoms with Crippen molar-refractivity contribution in [1.29, 1.82) is 0 Å². The molecule has 0 radical (unpaired) electrons. The summed E-state index contributed by atoms with van der Waals surface area (Å²) in [7, 11) is 1.56. The van der Waals surface area contributed by atoms with E-state index in [4.69, 9.17) is 4.74 Å². The van der Waals surface area contributed by atoms with Gasteiger partial charge in [0.05, 0.1) is 12.8 Å². The first kappa shape index (κ1) is 14.0. The second kappa shape index (κ2) is 6.15. The van der Waals surface area contributed by atoms with E-state index in [-0.39, 0.29) is 5.78 Å². The molecular weight excluding hydrogens is 250 g/mol. The van der Waals surface area contributed by atoms with Crippen molar-refractivity contribution in [3.63, 3.8) is 0 Å². The Kier molecular flexibility index (Phi) is 4.31. The molecule has 0 saturated heterocycles. The summed E-state index contributed by atoms with van der Waals surface area (Å²) in [6.07, 6.45) is 0. The fraction of sp³-hybridized carbons (Fsp3) is 0.176. The Bertz CT molecular complexity index is 645. The number of hydrogen-bond acceptors (Lipinski definition) is 3. The molecule has 0 aliphatic rings. The van der Waals surface area contributed by atoms with Gasteiger partial charge in [0.2, 0.25) is 0 Å². The molecule has 102 valence electrons. The summed E-state index contributed by atoms with van der Waals surface area (Å²) in [6, 6.07) is 14.8. The molecule has 0 bridgehead atoms. The molecule has 20 heavy (non-hydrogen) atoms. The van der Waals surface area contributed by atoms with Gasteiger partial charge in [0, 0.05) is 18.1 Å². The number of ketones is 1. The van der Waals surface area contributed by atoms with Gasteiger partial charge in [-0.25, -0.2) is 4.99 Å². The molecule has 0 heterocycles. The quantitative estimate of drug-likeness (QED) is 0.480. The average Bonchev–Trinajstić information content (AvgIpc) is 2.49. The molecule has 3 heteroatoms. The van der Waals surface area contributed by atoms with Crippen molar-refractivity contribution < 1.29 is 9.53 Å². The van der Waals surface area contributed by atoms with Gasteiger partial charge in [0.15, 0.2) is 11.7 Å². The Hall–Kier alpha value is -2.42. The standard InChI is InChI=1S/C17H17NO2/c1-12-9-10-16(18-13(2)20-3)15(11-12)17(19)14-7-5-4-6-8-14/h4-11H,1-3H3/b18-13+. The van der Waals surface area contributed by atoms with Crippen LogP contribution in [0.5, 0.6) is 0 Å². The van der Waals surface area contributed by atoms with E-state index >= 15 is 0 Å². The van der Waals surface area contributed by atoms with Gasteiger partial charge < -0.3 is 4.74 Å². The van der Waals surface area contributed by atoms with Gasteiger partial charge in [-0.2, -0.15) is 0 Å². The van der Waals surface area contributed by atoms with Crippen molar-refractivity contribution in [3.05, 3.63) is 65.2 Å². The molecule has 0 aromatic heterocycles. The first-order valence-electron chi connectivity index (χ1n) is 6.41. The van der Waals surface area contributed by atoms with E-state index in [1.807, 2.05) is 43.3 Å². The van der Waals surface area contributed by atoms with Crippen LogP contribution in [0, 0.1) is 6.92 Å². The SMILES string of the molecule is CO/C(C)=N/c1ccc(C)cc1C(=O)c1ccccc1. The third-order valence-electron chi connectivity index (χ3n) is 3.01. The second-order valence-electron chi connectivity index (χ2n) is 4.55. The Balaban J connectivity index is 2.50. The summed E-state index contributed by atoms with van der Waals surface area (Å²) >= 11 is 0. The van der Waals surface area contributed by atoms with Gasteiger partial charge in [-0.15, -0.1) is 0 Å². The minimum atomic E-state index is -0.0306. The first-order valence-corrected chi connectivity index (χ1v) is 6.41. The number of nitrogens with zero attached hydrogens (tertiary/aromatic N) is 1. The number of hydrogen-bond donors (Lipinski definition) is 0. The highest BCUT2D eigenvalue weighted by Gasteiger charge is 2.13. The summed E-state index contributed by atoms with van der Waals surface area (Å²) in [5.41, 5.74) is 2.90. The maximum Gasteiger partial charge on any atom is 0.195 e. The van der Waals surface area contributed by atoms with Crippen LogP contribution in [0.25, 0.3) is 0 Å². The van der Waals surface area contributed by atoms with E-state index in [1.54, 1.807) is 26.2 Å². The fourth-order valence-electron chi connectivity index (χ4n) is 1.89. The minimum Gasteiger partial charge on any atom is -0.484 e. The van der Waals surface area contributed by atoms with E-state index in [0.29, 0.717) is 22.7 Å². The Labute approximate surface area is 118 Å². The highest BCUT2D eigenvalue weighted by Crippen LogP contribution is 2.24. The summed E-state index contributed by atoms with van der Waals surface area (Å²) in [6.45, 7) is 3.72. The molecule has 0 atom stereocenters. The number of benzene rings is 2. The topological polar surface area (TPSA) is 38.7 Å². The monoisotopic (exact) mass is 267 g/mol. The predicted octanol–water partition coefficient (Wildman–Crippen LogP) is 3.92. The molecular formula is C17H17NO2. The van der Waals surface area contributed by atoms with E-state index < -0.39 is 0 Å². The number of aliphatic imine (C=N–C) groups is 1.